The van der Waals surface area contributed by atoms with Gasteiger partial charge in [-0.1, -0.05) is 20.8 Å². The van der Waals surface area contributed by atoms with E-state index in [9.17, 15) is 0 Å². The van der Waals surface area contributed by atoms with Gasteiger partial charge < -0.3 is 14.8 Å². The van der Waals surface area contributed by atoms with Crippen LogP contribution in [0.1, 0.15) is 48.0 Å². The van der Waals surface area contributed by atoms with Crippen LogP contribution in [0.2, 0.25) is 0 Å². The molecule has 0 bridgehead atoms. The maximum Gasteiger partial charge on any atom is 0.171 e. The Kier molecular flexibility index (Phi) is 5.94. The zero-order valence-electron chi connectivity index (χ0n) is 12.2. The van der Waals surface area contributed by atoms with Gasteiger partial charge in [-0.15, -0.1) is 0 Å². The summed E-state index contributed by atoms with van der Waals surface area (Å²) in [6, 6.07) is 0.173. The Labute approximate surface area is 101 Å². The largest absolute Gasteiger partial charge is 0.354 e. The minimum atomic E-state index is -0.195. The number of ether oxygens (including phenoxy) is 2. The molecule has 1 unspecified atom stereocenters. The standard InChI is InChI=1S/C13H29NO2/c1-10(11(15-7)16-8)14-13(5,6)9-12(2,3)4/h10-11,14H,9H2,1-8H3. The third-order valence-electron chi connectivity index (χ3n) is 2.46. The van der Waals surface area contributed by atoms with Crippen molar-refractivity contribution in [2.75, 3.05) is 14.2 Å². The molecule has 3 heteroatoms. The van der Waals surface area contributed by atoms with Gasteiger partial charge in [0.1, 0.15) is 0 Å². The van der Waals surface area contributed by atoms with Crippen LogP contribution in [0.5, 0.6) is 0 Å². The van der Waals surface area contributed by atoms with Gasteiger partial charge in [0.25, 0.3) is 0 Å². The smallest absolute Gasteiger partial charge is 0.171 e. The highest BCUT2D eigenvalue weighted by Gasteiger charge is 2.29. The van der Waals surface area contributed by atoms with Crippen LogP contribution >= 0.6 is 0 Å². The average molecular weight is 231 g/mol. The molecular formula is C13H29NO2. The van der Waals surface area contributed by atoms with Crippen molar-refractivity contribution in [3.8, 4) is 0 Å². The Bertz CT molecular complexity index is 193. The highest BCUT2D eigenvalue weighted by Crippen LogP contribution is 2.27. The Morgan fingerprint density at radius 2 is 1.44 bits per heavy atom. The molecular weight excluding hydrogens is 202 g/mol. The predicted octanol–water partition coefficient (Wildman–Crippen LogP) is 2.80. The normalized spacial score (nSPS) is 15.6. The minimum absolute atomic E-state index is 0.0764. The van der Waals surface area contributed by atoms with Crippen LogP contribution in [-0.4, -0.2) is 32.1 Å². The summed E-state index contributed by atoms with van der Waals surface area (Å²) in [7, 11) is 3.34. The molecule has 0 saturated carbocycles. The third kappa shape index (κ3) is 6.46. The molecule has 0 fully saturated rings. The Morgan fingerprint density at radius 1 is 1.00 bits per heavy atom. The highest BCUT2D eigenvalue weighted by molar-refractivity contribution is 4.86. The van der Waals surface area contributed by atoms with Crippen molar-refractivity contribution in [2.24, 2.45) is 5.41 Å². The van der Waals surface area contributed by atoms with Gasteiger partial charge in [0.05, 0.1) is 6.04 Å². The van der Waals surface area contributed by atoms with Crippen molar-refractivity contribution in [1.29, 1.82) is 0 Å². The molecule has 0 heterocycles. The summed E-state index contributed by atoms with van der Waals surface area (Å²) in [4.78, 5) is 0. The molecule has 0 amide bonds. The van der Waals surface area contributed by atoms with Gasteiger partial charge in [0.2, 0.25) is 0 Å². The predicted molar refractivity (Wildman–Crippen MR) is 68.6 cm³/mol. The van der Waals surface area contributed by atoms with Crippen LogP contribution in [0.3, 0.4) is 0 Å². The first-order valence-electron chi connectivity index (χ1n) is 5.94. The van der Waals surface area contributed by atoms with Crippen molar-refractivity contribution in [3.05, 3.63) is 0 Å². The molecule has 0 saturated heterocycles. The monoisotopic (exact) mass is 231 g/mol. The molecule has 0 aromatic carbocycles. The van der Waals surface area contributed by atoms with E-state index in [1.54, 1.807) is 14.2 Å². The van der Waals surface area contributed by atoms with Crippen LogP contribution in [0.15, 0.2) is 0 Å². The minimum Gasteiger partial charge on any atom is -0.354 e. The summed E-state index contributed by atoms with van der Waals surface area (Å²) in [6.07, 6.45) is 0.907. The van der Waals surface area contributed by atoms with E-state index in [1.165, 1.54) is 0 Å². The van der Waals surface area contributed by atoms with Gasteiger partial charge in [0, 0.05) is 19.8 Å². The van der Waals surface area contributed by atoms with Crippen LogP contribution in [0.25, 0.3) is 0 Å². The third-order valence-corrected chi connectivity index (χ3v) is 2.46. The molecule has 0 aliphatic rings. The second kappa shape index (κ2) is 5.99. The topological polar surface area (TPSA) is 30.5 Å². The zero-order chi connectivity index (χ0) is 13.0. The summed E-state index contributed by atoms with van der Waals surface area (Å²) >= 11 is 0. The lowest BCUT2D eigenvalue weighted by Gasteiger charge is -2.37. The van der Waals surface area contributed by atoms with E-state index in [2.05, 4.69) is 46.9 Å². The Hall–Kier alpha value is -0.120. The molecule has 98 valence electrons. The molecule has 0 radical (unpaired) electrons. The van der Waals surface area contributed by atoms with Crippen LogP contribution in [0.4, 0.5) is 0 Å². The number of methoxy groups -OCH3 is 2. The van der Waals surface area contributed by atoms with Crippen molar-refractivity contribution in [3.63, 3.8) is 0 Å². The quantitative estimate of drug-likeness (QED) is 0.713. The van der Waals surface area contributed by atoms with Gasteiger partial charge in [-0.3, -0.25) is 0 Å². The average Bonchev–Trinajstić information content (AvgIpc) is 1.99. The number of hydrogen-bond acceptors (Lipinski definition) is 3. The molecule has 0 aromatic rings. The Balaban J connectivity index is 4.34. The molecule has 0 rings (SSSR count). The summed E-state index contributed by atoms with van der Waals surface area (Å²) < 4.78 is 10.5. The van der Waals surface area contributed by atoms with Gasteiger partial charge in [-0.05, 0) is 32.6 Å². The van der Waals surface area contributed by atoms with Gasteiger partial charge in [-0.25, -0.2) is 0 Å². The molecule has 1 N–H and O–H groups in total. The van der Waals surface area contributed by atoms with Gasteiger partial charge in [0.15, 0.2) is 6.29 Å². The van der Waals surface area contributed by atoms with E-state index in [1.807, 2.05) is 0 Å². The summed E-state index contributed by atoms with van der Waals surface area (Å²) in [5.74, 6) is 0. The molecule has 3 nitrogen and oxygen atoms in total. The van der Waals surface area contributed by atoms with Crippen LogP contribution in [0, 0.1) is 5.41 Å². The zero-order valence-corrected chi connectivity index (χ0v) is 12.2. The highest BCUT2D eigenvalue weighted by atomic mass is 16.7. The van der Waals surface area contributed by atoms with Gasteiger partial charge >= 0.3 is 0 Å². The van der Waals surface area contributed by atoms with Crippen LogP contribution < -0.4 is 5.32 Å². The molecule has 0 aromatic heterocycles. The fourth-order valence-corrected chi connectivity index (χ4v) is 2.57. The fourth-order valence-electron chi connectivity index (χ4n) is 2.57. The van der Waals surface area contributed by atoms with E-state index in [0.29, 0.717) is 5.41 Å². The summed E-state index contributed by atoms with van der Waals surface area (Å²) in [6.45, 7) is 13.3. The van der Waals surface area contributed by atoms with Crippen molar-refractivity contribution < 1.29 is 9.47 Å². The van der Waals surface area contributed by atoms with E-state index in [-0.39, 0.29) is 17.9 Å². The maximum absolute atomic E-state index is 5.25. The second-order valence-corrected chi connectivity index (χ2v) is 6.39. The molecule has 0 aliphatic heterocycles. The maximum atomic E-state index is 5.25. The van der Waals surface area contributed by atoms with Crippen LogP contribution in [-0.2, 0) is 9.47 Å². The van der Waals surface area contributed by atoms with Crippen molar-refractivity contribution in [1.82, 2.24) is 5.32 Å². The van der Waals surface area contributed by atoms with Gasteiger partial charge in [-0.2, -0.15) is 0 Å². The molecule has 0 aliphatic carbocycles. The van der Waals surface area contributed by atoms with Crippen molar-refractivity contribution in [2.45, 2.75) is 65.8 Å². The lowest BCUT2D eigenvalue weighted by Crippen LogP contribution is -2.51. The summed E-state index contributed by atoms with van der Waals surface area (Å²) in [5.41, 5.74) is 0.388. The first-order chi connectivity index (χ1) is 7.11. The summed E-state index contributed by atoms with van der Waals surface area (Å²) in [5, 5.41) is 3.56. The second-order valence-electron chi connectivity index (χ2n) is 6.39. The Morgan fingerprint density at radius 3 is 1.75 bits per heavy atom. The molecule has 0 spiro atoms. The van der Waals surface area contributed by atoms with Crippen molar-refractivity contribution >= 4 is 0 Å². The molecule has 1 atom stereocenters. The first kappa shape index (κ1) is 15.9. The number of nitrogens with one attached hydrogen (secondary N) is 1. The lowest BCUT2D eigenvalue weighted by molar-refractivity contribution is -0.123. The SMILES string of the molecule is COC(OC)C(C)NC(C)(C)CC(C)(C)C. The number of rotatable bonds is 6. The molecule has 16 heavy (non-hydrogen) atoms. The number of hydrogen-bond donors (Lipinski definition) is 1. The van der Waals surface area contributed by atoms with E-state index in [0.717, 1.165) is 6.42 Å². The first-order valence-corrected chi connectivity index (χ1v) is 5.94. The fraction of sp³-hybridized carbons (Fsp3) is 1.00. The van der Waals surface area contributed by atoms with E-state index >= 15 is 0 Å². The van der Waals surface area contributed by atoms with E-state index in [4.69, 9.17) is 9.47 Å². The van der Waals surface area contributed by atoms with E-state index < -0.39 is 0 Å². The lowest BCUT2D eigenvalue weighted by atomic mass is 9.81.